The van der Waals surface area contributed by atoms with E-state index in [1.807, 2.05) is 0 Å². The molecule has 4 heteroatoms. The number of fused-ring (bicyclic) bond motifs is 3. The van der Waals surface area contributed by atoms with Gasteiger partial charge in [-0.15, -0.1) is 0 Å². The Morgan fingerprint density at radius 2 is 1.92 bits per heavy atom. The Balaban J connectivity index is 1.85. The molecule has 0 N–H and O–H groups in total. The van der Waals surface area contributed by atoms with Crippen molar-refractivity contribution in [3.8, 4) is 0 Å². The molecule has 1 saturated heterocycles. The molecule has 4 atom stereocenters. The van der Waals surface area contributed by atoms with E-state index in [-0.39, 0.29) is 22.8 Å². The van der Waals surface area contributed by atoms with Gasteiger partial charge in [0.25, 0.3) is 0 Å². The van der Waals surface area contributed by atoms with E-state index in [1.165, 1.54) is 16.7 Å². The molecule has 0 aromatic rings. The Morgan fingerprint density at radius 1 is 1.23 bits per heavy atom. The van der Waals surface area contributed by atoms with Crippen molar-refractivity contribution in [2.24, 2.45) is 5.92 Å². The molecule has 2 bridgehead atoms. The maximum absolute atomic E-state index is 14.1. The largest absolute Gasteiger partial charge is 0.403 e. The third-order valence-electron chi connectivity index (χ3n) is 7.97. The number of Topliss-reactive ketones (excluding diaryl/α,β-unsaturated/α-hetero) is 1. The molecule has 2 heterocycles. The van der Waals surface area contributed by atoms with Crippen LogP contribution in [0.15, 0.2) is 22.8 Å². The van der Waals surface area contributed by atoms with Crippen molar-refractivity contribution < 1.29 is 14.0 Å². The highest BCUT2D eigenvalue weighted by atomic mass is 28.4. The van der Waals surface area contributed by atoms with Crippen molar-refractivity contribution in [1.82, 2.24) is 0 Å². The van der Waals surface area contributed by atoms with Crippen molar-refractivity contribution in [2.45, 2.75) is 102 Å². The minimum Gasteiger partial charge on any atom is -0.403 e. The van der Waals surface area contributed by atoms with Crippen LogP contribution in [0.1, 0.15) is 66.7 Å². The van der Waals surface area contributed by atoms with Gasteiger partial charge in [-0.25, -0.2) is 0 Å². The molecular weight excluding hydrogens is 340 g/mol. The lowest BCUT2D eigenvalue weighted by atomic mass is 9.65. The van der Waals surface area contributed by atoms with Crippen LogP contribution in [0, 0.1) is 5.92 Å². The van der Waals surface area contributed by atoms with E-state index in [2.05, 4.69) is 53.8 Å². The zero-order valence-electron chi connectivity index (χ0n) is 17.5. The third-order valence-corrected chi connectivity index (χ3v) is 12.5. The molecule has 0 aromatic heterocycles. The lowest BCUT2D eigenvalue weighted by molar-refractivity contribution is -0.193. The third kappa shape index (κ3) is 2.28. The van der Waals surface area contributed by atoms with Gasteiger partial charge in [0.2, 0.25) is 0 Å². The molecule has 4 aliphatic rings. The maximum atomic E-state index is 14.1. The lowest BCUT2D eigenvalue weighted by Crippen LogP contribution is -2.68. The van der Waals surface area contributed by atoms with Crippen LogP contribution < -0.4 is 0 Å². The van der Waals surface area contributed by atoms with Crippen molar-refractivity contribution in [2.75, 3.05) is 0 Å². The number of ether oxygens (including phenoxy) is 1. The Hall–Kier alpha value is -0.713. The van der Waals surface area contributed by atoms with E-state index in [9.17, 15) is 4.79 Å². The molecule has 1 spiro atoms. The van der Waals surface area contributed by atoms with Crippen LogP contribution >= 0.6 is 0 Å². The predicted molar refractivity (Wildman–Crippen MR) is 107 cm³/mol. The Bertz CT molecular complexity index is 726. The molecule has 2 aliphatic carbocycles. The average molecular weight is 375 g/mol. The van der Waals surface area contributed by atoms with Crippen molar-refractivity contribution in [1.29, 1.82) is 0 Å². The Labute approximate surface area is 159 Å². The van der Waals surface area contributed by atoms with Crippen molar-refractivity contribution in [3.63, 3.8) is 0 Å². The minimum atomic E-state index is -2.10. The second kappa shape index (κ2) is 5.42. The minimum absolute atomic E-state index is 0.0378. The fourth-order valence-corrected chi connectivity index (χ4v) is 6.84. The van der Waals surface area contributed by atoms with E-state index in [4.69, 9.17) is 9.16 Å². The van der Waals surface area contributed by atoms with Crippen LogP contribution in [0.2, 0.25) is 18.1 Å². The smallest absolute Gasteiger partial charge is 0.200 e. The van der Waals surface area contributed by atoms with Crippen LogP contribution in [0.5, 0.6) is 0 Å². The second-order valence-corrected chi connectivity index (χ2v) is 15.3. The molecule has 1 saturated carbocycles. The normalized spacial score (nSPS) is 39.8. The summed E-state index contributed by atoms with van der Waals surface area (Å²) in [5.41, 5.74) is 2.63. The molecule has 3 nitrogen and oxygen atoms in total. The van der Waals surface area contributed by atoms with Crippen LogP contribution in [0.25, 0.3) is 0 Å². The number of allylic oxidation sites excluding steroid dienone is 1. The monoisotopic (exact) mass is 374 g/mol. The summed E-state index contributed by atoms with van der Waals surface area (Å²) in [5.74, 6) is 0.362. The molecular formula is C22H34O3Si. The molecule has 26 heavy (non-hydrogen) atoms. The van der Waals surface area contributed by atoms with Gasteiger partial charge in [-0.2, -0.15) is 0 Å². The van der Waals surface area contributed by atoms with Gasteiger partial charge < -0.3 is 9.16 Å². The summed E-state index contributed by atoms with van der Waals surface area (Å²) in [7, 11) is -2.10. The molecule has 0 amide bonds. The summed E-state index contributed by atoms with van der Waals surface area (Å²) >= 11 is 0. The Kier molecular flexibility index (Phi) is 3.89. The number of carbonyl (C=O) groups is 1. The molecule has 0 unspecified atom stereocenters. The highest BCUT2D eigenvalue weighted by Crippen LogP contribution is 2.59. The van der Waals surface area contributed by atoms with Crippen LogP contribution in [-0.2, 0) is 14.0 Å². The average Bonchev–Trinajstić information content (AvgIpc) is 3.03. The molecule has 0 aromatic carbocycles. The lowest BCUT2D eigenvalue weighted by Gasteiger charge is -2.56. The van der Waals surface area contributed by atoms with Crippen LogP contribution in [-0.4, -0.2) is 31.4 Å². The van der Waals surface area contributed by atoms with Gasteiger partial charge in [-0.05, 0) is 63.2 Å². The summed E-state index contributed by atoms with van der Waals surface area (Å²) in [5, 5.41) is 0.0810. The Morgan fingerprint density at radius 3 is 2.58 bits per heavy atom. The zero-order valence-corrected chi connectivity index (χ0v) is 18.5. The van der Waals surface area contributed by atoms with E-state index in [1.54, 1.807) is 0 Å². The molecule has 144 valence electrons. The molecule has 4 rings (SSSR count). The maximum Gasteiger partial charge on any atom is 0.200 e. The molecule has 2 fully saturated rings. The standard InChI is InChI=1S/C22H34O3Si/c1-14-11-17-18-12-16-9-8-10-21(16,24-18)19(23)22(17,13-15(14)2)25-26(6,7)20(3,4)5/h12,17-18H,8-11,13H2,1-7H3/t17-,18-,21+,22+/m0/s1. The highest BCUT2D eigenvalue weighted by Gasteiger charge is 2.69. The van der Waals surface area contributed by atoms with E-state index in [0.29, 0.717) is 0 Å². The summed E-state index contributed by atoms with van der Waals surface area (Å²) < 4.78 is 13.6. The van der Waals surface area contributed by atoms with Gasteiger partial charge in [0.05, 0.1) is 6.10 Å². The number of carbonyl (C=O) groups excluding carboxylic acids is 1. The van der Waals surface area contributed by atoms with Gasteiger partial charge in [-0.3, -0.25) is 4.79 Å². The topological polar surface area (TPSA) is 35.5 Å². The number of hydrogen-bond acceptors (Lipinski definition) is 3. The van der Waals surface area contributed by atoms with Gasteiger partial charge >= 0.3 is 0 Å². The summed E-state index contributed by atoms with van der Waals surface area (Å²) in [6.45, 7) is 15.7. The summed E-state index contributed by atoms with van der Waals surface area (Å²) in [6, 6.07) is 0. The number of hydrogen-bond donors (Lipinski definition) is 0. The quantitative estimate of drug-likeness (QED) is 0.484. The van der Waals surface area contributed by atoms with Gasteiger partial charge in [0, 0.05) is 12.3 Å². The van der Waals surface area contributed by atoms with Crippen molar-refractivity contribution in [3.05, 3.63) is 22.8 Å². The zero-order chi connectivity index (χ0) is 19.1. The predicted octanol–water partition coefficient (Wildman–Crippen LogP) is 5.32. The van der Waals surface area contributed by atoms with Crippen LogP contribution in [0.3, 0.4) is 0 Å². The fourth-order valence-electron chi connectivity index (χ4n) is 5.30. The number of ketones is 1. The second-order valence-electron chi connectivity index (χ2n) is 10.6. The van der Waals surface area contributed by atoms with Gasteiger partial charge in [-0.1, -0.05) is 38.0 Å². The van der Waals surface area contributed by atoms with E-state index in [0.717, 1.165) is 32.1 Å². The van der Waals surface area contributed by atoms with E-state index >= 15 is 0 Å². The van der Waals surface area contributed by atoms with Gasteiger partial charge in [0.15, 0.2) is 19.7 Å². The molecule has 0 radical (unpaired) electrons. The first-order chi connectivity index (χ1) is 11.9. The SMILES string of the molecule is CC1=C(C)C[C@]2(O[Si](C)(C)C(C)(C)C)C(=O)[C@@]34CCCC3=C[C@H](O4)[C@@H]2C1. The first kappa shape index (κ1) is 18.6. The number of rotatable bonds is 2. The van der Waals surface area contributed by atoms with Gasteiger partial charge in [0.1, 0.15) is 5.60 Å². The first-order valence-corrected chi connectivity index (χ1v) is 13.1. The highest BCUT2D eigenvalue weighted by molar-refractivity contribution is 6.74. The summed E-state index contributed by atoms with van der Waals surface area (Å²) in [6.07, 6.45) is 6.89. The van der Waals surface area contributed by atoms with E-state index < -0.39 is 19.5 Å². The van der Waals surface area contributed by atoms with Crippen LogP contribution in [0.4, 0.5) is 0 Å². The molecule has 2 aliphatic heterocycles. The summed E-state index contributed by atoms with van der Waals surface area (Å²) in [4.78, 5) is 14.1. The first-order valence-electron chi connectivity index (χ1n) is 10.2. The fraction of sp³-hybridized carbons (Fsp3) is 0.773. The van der Waals surface area contributed by atoms with Crippen molar-refractivity contribution >= 4 is 14.1 Å².